The molecule has 3 nitrogen and oxygen atoms in total. The van der Waals surface area contributed by atoms with Gasteiger partial charge in [0.1, 0.15) is 0 Å². The lowest BCUT2D eigenvalue weighted by Gasteiger charge is -2.00. The number of carbonyl (C=O) groups is 1. The number of Topliss-reactive ketones (excluding diaryl/α,β-unsaturated/α-hetero) is 1. The summed E-state index contributed by atoms with van der Waals surface area (Å²) in [7, 11) is 0. The lowest BCUT2D eigenvalue weighted by atomic mass is 10.1. The fourth-order valence-electron chi connectivity index (χ4n) is 1.35. The zero-order valence-corrected chi connectivity index (χ0v) is 8.40. The first-order valence-electron chi connectivity index (χ1n) is 4.59. The molecule has 0 aliphatic carbocycles. The van der Waals surface area contributed by atoms with E-state index in [-0.39, 0.29) is 5.78 Å². The van der Waals surface area contributed by atoms with Crippen LogP contribution in [0.15, 0.2) is 42.7 Å². The standard InChI is InChI=1S/C12H10N2O/c1-8(2)12(15)9-3-4-10-11(7-9)14-6-5-13-10/h3-7H,1H2,2H3. The van der Waals surface area contributed by atoms with Crippen LogP contribution in [0.25, 0.3) is 11.0 Å². The van der Waals surface area contributed by atoms with Gasteiger partial charge in [0.15, 0.2) is 5.78 Å². The van der Waals surface area contributed by atoms with Crippen LogP contribution in [-0.4, -0.2) is 15.8 Å². The van der Waals surface area contributed by atoms with E-state index in [2.05, 4.69) is 16.5 Å². The predicted octanol–water partition coefficient (Wildman–Crippen LogP) is 2.39. The molecule has 0 aliphatic heterocycles. The normalized spacial score (nSPS) is 10.2. The summed E-state index contributed by atoms with van der Waals surface area (Å²) in [5.74, 6) is -0.0532. The number of nitrogens with zero attached hydrogens (tertiary/aromatic N) is 2. The van der Waals surface area contributed by atoms with E-state index in [1.807, 2.05) is 0 Å². The first-order chi connectivity index (χ1) is 7.18. The molecule has 1 aromatic heterocycles. The van der Waals surface area contributed by atoms with Gasteiger partial charge in [0, 0.05) is 18.0 Å². The van der Waals surface area contributed by atoms with Crippen LogP contribution in [0.2, 0.25) is 0 Å². The SMILES string of the molecule is C=C(C)C(=O)c1ccc2nccnc2c1. The number of benzene rings is 1. The number of hydrogen-bond donors (Lipinski definition) is 0. The first kappa shape index (κ1) is 9.52. The molecule has 2 rings (SSSR count). The Bertz CT molecular complexity index is 546. The Morgan fingerprint density at radius 2 is 1.87 bits per heavy atom. The molecule has 74 valence electrons. The Morgan fingerprint density at radius 1 is 1.20 bits per heavy atom. The quantitative estimate of drug-likeness (QED) is 0.549. The highest BCUT2D eigenvalue weighted by atomic mass is 16.1. The molecule has 0 saturated carbocycles. The molecule has 2 aromatic rings. The molecular formula is C12H10N2O. The van der Waals surface area contributed by atoms with Crippen molar-refractivity contribution in [2.24, 2.45) is 0 Å². The Balaban J connectivity index is 2.56. The number of hydrogen-bond acceptors (Lipinski definition) is 3. The van der Waals surface area contributed by atoms with Crippen molar-refractivity contribution in [3.05, 3.63) is 48.3 Å². The summed E-state index contributed by atoms with van der Waals surface area (Å²) >= 11 is 0. The second-order valence-corrected chi connectivity index (χ2v) is 3.37. The third-order valence-electron chi connectivity index (χ3n) is 2.12. The molecule has 3 heteroatoms. The van der Waals surface area contributed by atoms with E-state index in [1.165, 1.54) is 0 Å². The molecule has 0 bridgehead atoms. The molecule has 0 unspecified atom stereocenters. The van der Waals surface area contributed by atoms with E-state index >= 15 is 0 Å². The van der Waals surface area contributed by atoms with Gasteiger partial charge in [0.25, 0.3) is 0 Å². The number of ketones is 1. The van der Waals surface area contributed by atoms with Gasteiger partial charge >= 0.3 is 0 Å². The van der Waals surface area contributed by atoms with Crippen LogP contribution in [-0.2, 0) is 0 Å². The molecule has 0 spiro atoms. The van der Waals surface area contributed by atoms with Gasteiger partial charge in [0.2, 0.25) is 0 Å². The lowest BCUT2D eigenvalue weighted by Crippen LogP contribution is -1.99. The van der Waals surface area contributed by atoms with Gasteiger partial charge in [-0.3, -0.25) is 14.8 Å². The monoisotopic (exact) mass is 198 g/mol. The Kier molecular flexibility index (Phi) is 2.29. The number of rotatable bonds is 2. The summed E-state index contributed by atoms with van der Waals surface area (Å²) in [6.07, 6.45) is 3.24. The largest absolute Gasteiger partial charge is 0.289 e. The number of carbonyl (C=O) groups excluding carboxylic acids is 1. The highest BCUT2D eigenvalue weighted by molar-refractivity contribution is 6.09. The van der Waals surface area contributed by atoms with Gasteiger partial charge in [-0.25, -0.2) is 0 Å². The van der Waals surface area contributed by atoms with Gasteiger partial charge in [-0.2, -0.15) is 0 Å². The maximum atomic E-state index is 11.6. The second kappa shape index (κ2) is 3.61. The molecule has 0 atom stereocenters. The van der Waals surface area contributed by atoms with Crippen molar-refractivity contribution in [3.8, 4) is 0 Å². The Morgan fingerprint density at radius 3 is 2.53 bits per heavy atom. The van der Waals surface area contributed by atoms with E-state index in [9.17, 15) is 4.79 Å². The van der Waals surface area contributed by atoms with Crippen LogP contribution in [0.1, 0.15) is 17.3 Å². The molecule has 0 saturated heterocycles. The average molecular weight is 198 g/mol. The van der Waals surface area contributed by atoms with Crippen LogP contribution in [0.3, 0.4) is 0 Å². The molecule has 1 heterocycles. The maximum Gasteiger partial charge on any atom is 0.188 e. The summed E-state index contributed by atoms with van der Waals surface area (Å²) in [6.45, 7) is 5.32. The molecule has 0 N–H and O–H groups in total. The average Bonchev–Trinajstić information content (AvgIpc) is 2.27. The van der Waals surface area contributed by atoms with Crippen molar-refractivity contribution < 1.29 is 4.79 Å². The highest BCUT2D eigenvalue weighted by Gasteiger charge is 2.07. The van der Waals surface area contributed by atoms with Crippen LogP contribution in [0, 0.1) is 0 Å². The zero-order valence-electron chi connectivity index (χ0n) is 8.40. The molecular weight excluding hydrogens is 188 g/mol. The van der Waals surface area contributed by atoms with E-state index in [0.717, 1.165) is 11.0 Å². The summed E-state index contributed by atoms with van der Waals surface area (Å²) in [6, 6.07) is 5.27. The van der Waals surface area contributed by atoms with Gasteiger partial charge in [-0.15, -0.1) is 0 Å². The molecule has 15 heavy (non-hydrogen) atoms. The van der Waals surface area contributed by atoms with Crippen molar-refractivity contribution in [3.63, 3.8) is 0 Å². The first-order valence-corrected chi connectivity index (χ1v) is 4.59. The van der Waals surface area contributed by atoms with Crippen molar-refractivity contribution in [2.75, 3.05) is 0 Å². The Hall–Kier alpha value is -2.03. The summed E-state index contributed by atoms with van der Waals surface area (Å²) < 4.78 is 0. The van der Waals surface area contributed by atoms with Crippen molar-refractivity contribution in [2.45, 2.75) is 6.92 Å². The van der Waals surface area contributed by atoms with Crippen LogP contribution < -0.4 is 0 Å². The van der Waals surface area contributed by atoms with Crippen LogP contribution >= 0.6 is 0 Å². The topological polar surface area (TPSA) is 42.9 Å². The fourth-order valence-corrected chi connectivity index (χ4v) is 1.35. The number of fused-ring (bicyclic) bond motifs is 1. The predicted molar refractivity (Wildman–Crippen MR) is 58.7 cm³/mol. The molecule has 1 aromatic carbocycles. The van der Waals surface area contributed by atoms with Crippen molar-refractivity contribution in [1.82, 2.24) is 9.97 Å². The van der Waals surface area contributed by atoms with E-state index in [0.29, 0.717) is 11.1 Å². The number of allylic oxidation sites excluding steroid dienone is 1. The second-order valence-electron chi connectivity index (χ2n) is 3.37. The van der Waals surface area contributed by atoms with Gasteiger partial charge < -0.3 is 0 Å². The minimum Gasteiger partial charge on any atom is -0.289 e. The van der Waals surface area contributed by atoms with Crippen LogP contribution in [0.5, 0.6) is 0 Å². The third kappa shape index (κ3) is 1.76. The number of aromatic nitrogens is 2. The summed E-state index contributed by atoms with van der Waals surface area (Å²) in [5.41, 5.74) is 2.65. The van der Waals surface area contributed by atoms with Gasteiger partial charge in [-0.05, 0) is 30.7 Å². The molecule has 0 aliphatic rings. The minimum absolute atomic E-state index is 0.0532. The van der Waals surface area contributed by atoms with Gasteiger partial charge in [0.05, 0.1) is 11.0 Å². The van der Waals surface area contributed by atoms with Crippen molar-refractivity contribution in [1.29, 1.82) is 0 Å². The van der Waals surface area contributed by atoms with Gasteiger partial charge in [-0.1, -0.05) is 6.58 Å². The molecule has 0 radical (unpaired) electrons. The van der Waals surface area contributed by atoms with E-state index in [1.54, 1.807) is 37.5 Å². The lowest BCUT2D eigenvalue weighted by molar-refractivity contribution is 0.103. The summed E-state index contributed by atoms with van der Waals surface area (Å²) in [5, 5.41) is 0. The van der Waals surface area contributed by atoms with E-state index in [4.69, 9.17) is 0 Å². The third-order valence-corrected chi connectivity index (χ3v) is 2.12. The summed E-state index contributed by atoms with van der Waals surface area (Å²) in [4.78, 5) is 19.9. The maximum absolute atomic E-state index is 11.6. The van der Waals surface area contributed by atoms with Crippen molar-refractivity contribution >= 4 is 16.8 Å². The Labute approximate surface area is 87.5 Å². The fraction of sp³-hybridized carbons (Fsp3) is 0.0833. The molecule has 0 fully saturated rings. The smallest absolute Gasteiger partial charge is 0.188 e. The van der Waals surface area contributed by atoms with Crippen LogP contribution in [0.4, 0.5) is 0 Å². The van der Waals surface area contributed by atoms with E-state index < -0.39 is 0 Å². The zero-order chi connectivity index (χ0) is 10.8. The molecule has 0 amide bonds. The highest BCUT2D eigenvalue weighted by Crippen LogP contribution is 2.13. The minimum atomic E-state index is -0.0532.